The number of benzene rings is 1. The lowest BCUT2D eigenvalue weighted by molar-refractivity contribution is -0.119. The summed E-state index contributed by atoms with van der Waals surface area (Å²) < 4.78 is 0. The van der Waals surface area contributed by atoms with Crippen molar-refractivity contribution in [2.75, 3.05) is 4.90 Å². The first-order chi connectivity index (χ1) is 7.50. The Morgan fingerprint density at radius 2 is 2.12 bits per heavy atom. The summed E-state index contributed by atoms with van der Waals surface area (Å²) in [6.07, 6.45) is -1.01. The monoisotopic (exact) mass is 222 g/mol. The largest absolute Gasteiger partial charge is 0.508 e. The quantitative estimate of drug-likeness (QED) is 0.635. The van der Waals surface area contributed by atoms with E-state index in [1.807, 2.05) is 0 Å². The lowest BCUT2D eigenvalue weighted by atomic mass is 10.1. The van der Waals surface area contributed by atoms with Gasteiger partial charge in [0.1, 0.15) is 11.8 Å². The Kier molecular flexibility index (Phi) is 2.19. The zero-order valence-electron chi connectivity index (χ0n) is 8.25. The van der Waals surface area contributed by atoms with Gasteiger partial charge in [-0.2, -0.15) is 0 Å². The summed E-state index contributed by atoms with van der Waals surface area (Å²) in [5.74, 6) is -0.742. The van der Waals surface area contributed by atoms with E-state index in [1.165, 1.54) is 12.1 Å². The van der Waals surface area contributed by atoms with E-state index in [4.69, 9.17) is 10.8 Å². The van der Waals surface area contributed by atoms with Gasteiger partial charge in [0.15, 0.2) is 0 Å². The number of hydrogen-bond acceptors (Lipinski definition) is 3. The van der Waals surface area contributed by atoms with Gasteiger partial charge in [-0.1, -0.05) is 6.07 Å². The van der Waals surface area contributed by atoms with Crippen LogP contribution < -0.4 is 10.6 Å². The molecule has 0 spiro atoms. The maximum absolute atomic E-state index is 11.1. The van der Waals surface area contributed by atoms with E-state index in [9.17, 15) is 14.7 Å². The van der Waals surface area contributed by atoms with E-state index in [-0.39, 0.29) is 12.2 Å². The molecule has 6 heteroatoms. The zero-order valence-corrected chi connectivity index (χ0v) is 8.25. The van der Waals surface area contributed by atoms with E-state index in [0.29, 0.717) is 11.3 Å². The number of anilines is 1. The van der Waals surface area contributed by atoms with Gasteiger partial charge in [0.25, 0.3) is 0 Å². The molecule has 2 rings (SSSR count). The number of carbonyl (C=O) groups excluding carboxylic acids is 1. The van der Waals surface area contributed by atoms with Crippen molar-refractivity contribution in [3.05, 3.63) is 23.8 Å². The highest BCUT2D eigenvalue weighted by atomic mass is 16.4. The van der Waals surface area contributed by atoms with Gasteiger partial charge in [-0.05, 0) is 11.6 Å². The Bertz CT molecular complexity index is 472. The molecule has 84 valence electrons. The minimum Gasteiger partial charge on any atom is -0.508 e. The molecule has 0 fully saturated rings. The van der Waals surface area contributed by atoms with Crippen LogP contribution in [0.4, 0.5) is 10.5 Å². The van der Waals surface area contributed by atoms with Gasteiger partial charge in [0.05, 0.1) is 5.69 Å². The lowest BCUT2D eigenvalue weighted by Crippen LogP contribution is -2.45. The fourth-order valence-electron chi connectivity index (χ4n) is 1.88. The highest BCUT2D eigenvalue weighted by Crippen LogP contribution is 2.34. The van der Waals surface area contributed by atoms with Crippen molar-refractivity contribution < 1.29 is 19.8 Å². The number of nitrogens with zero attached hydrogens (tertiary/aromatic N) is 1. The van der Waals surface area contributed by atoms with Crippen molar-refractivity contribution in [2.45, 2.75) is 12.5 Å². The van der Waals surface area contributed by atoms with Gasteiger partial charge in [0.2, 0.25) is 5.91 Å². The molecule has 4 N–H and O–H groups in total. The molecule has 0 radical (unpaired) electrons. The van der Waals surface area contributed by atoms with Crippen LogP contribution in [0.15, 0.2) is 18.2 Å². The molecule has 16 heavy (non-hydrogen) atoms. The molecule has 1 heterocycles. The fraction of sp³-hybridized carbons (Fsp3) is 0.200. The first kappa shape index (κ1) is 10.3. The van der Waals surface area contributed by atoms with Crippen LogP contribution in [0.3, 0.4) is 0 Å². The molecule has 0 bridgehead atoms. The highest BCUT2D eigenvalue weighted by molar-refractivity contribution is 5.99. The number of phenolic OH excluding ortho intramolecular Hbond substituents is 1. The van der Waals surface area contributed by atoms with Gasteiger partial charge in [-0.15, -0.1) is 0 Å². The van der Waals surface area contributed by atoms with Crippen molar-refractivity contribution in [1.82, 2.24) is 0 Å². The molecule has 1 aliphatic heterocycles. The fourth-order valence-corrected chi connectivity index (χ4v) is 1.88. The van der Waals surface area contributed by atoms with Crippen molar-refractivity contribution in [3.8, 4) is 5.75 Å². The maximum atomic E-state index is 11.1. The summed E-state index contributed by atoms with van der Waals surface area (Å²) >= 11 is 0. The summed E-state index contributed by atoms with van der Waals surface area (Å²) in [6, 6.07) is 3.45. The lowest BCUT2D eigenvalue weighted by Gasteiger charge is -2.19. The third kappa shape index (κ3) is 1.44. The number of phenols is 1. The van der Waals surface area contributed by atoms with Gasteiger partial charge >= 0.3 is 6.09 Å². The van der Waals surface area contributed by atoms with Crippen LogP contribution in [0.5, 0.6) is 5.75 Å². The molecule has 0 aromatic heterocycles. The second kappa shape index (κ2) is 3.41. The maximum Gasteiger partial charge on any atom is 0.412 e. The molecular weight excluding hydrogens is 212 g/mol. The third-order valence-electron chi connectivity index (χ3n) is 2.59. The molecule has 0 saturated carbocycles. The Morgan fingerprint density at radius 3 is 2.69 bits per heavy atom. The van der Waals surface area contributed by atoms with Crippen molar-refractivity contribution in [2.24, 2.45) is 5.73 Å². The SMILES string of the molecule is NC(=O)C1Cc2ccc(O)cc2N1C(=O)O. The van der Waals surface area contributed by atoms with Crippen molar-refractivity contribution in [3.63, 3.8) is 0 Å². The highest BCUT2D eigenvalue weighted by Gasteiger charge is 2.37. The first-order valence-electron chi connectivity index (χ1n) is 4.64. The van der Waals surface area contributed by atoms with E-state index >= 15 is 0 Å². The van der Waals surface area contributed by atoms with Gasteiger partial charge in [0, 0.05) is 12.5 Å². The van der Waals surface area contributed by atoms with Crippen molar-refractivity contribution >= 4 is 17.7 Å². The zero-order chi connectivity index (χ0) is 11.9. The second-order valence-corrected chi connectivity index (χ2v) is 3.59. The third-order valence-corrected chi connectivity index (χ3v) is 2.59. The van der Waals surface area contributed by atoms with E-state index < -0.39 is 18.0 Å². The molecule has 1 aliphatic rings. The Balaban J connectivity index is 2.50. The normalized spacial score (nSPS) is 18.2. The van der Waals surface area contributed by atoms with Crippen LogP contribution in [0.25, 0.3) is 0 Å². The van der Waals surface area contributed by atoms with Crippen LogP contribution in [-0.2, 0) is 11.2 Å². The standard InChI is InChI=1S/C10H10N2O4/c11-9(14)8-3-5-1-2-6(13)4-7(5)12(8)10(15)16/h1-2,4,8,13H,3H2,(H2,11,14)(H,15,16). The number of fused-ring (bicyclic) bond motifs is 1. The average molecular weight is 222 g/mol. The molecule has 1 aromatic rings. The molecular formula is C10H10N2O4. The van der Waals surface area contributed by atoms with Crippen LogP contribution in [0, 0.1) is 0 Å². The smallest absolute Gasteiger partial charge is 0.412 e. The molecule has 0 saturated heterocycles. The molecule has 1 atom stereocenters. The minimum absolute atomic E-state index is 0.0462. The predicted octanol–water partition coefficient (Wildman–Crippen LogP) is 0.287. The molecule has 2 amide bonds. The Hall–Kier alpha value is -2.24. The summed E-state index contributed by atoms with van der Waals surface area (Å²) in [5.41, 5.74) is 6.14. The summed E-state index contributed by atoms with van der Waals surface area (Å²) in [6.45, 7) is 0. The number of carbonyl (C=O) groups is 2. The number of amides is 2. The number of aromatic hydroxyl groups is 1. The van der Waals surface area contributed by atoms with E-state index in [0.717, 1.165) is 4.90 Å². The molecule has 6 nitrogen and oxygen atoms in total. The van der Waals surface area contributed by atoms with Crippen LogP contribution in [-0.4, -0.2) is 28.3 Å². The summed E-state index contributed by atoms with van der Waals surface area (Å²) in [7, 11) is 0. The van der Waals surface area contributed by atoms with Gasteiger partial charge in [-0.3, -0.25) is 9.69 Å². The topological polar surface area (TPSA) is 104 Å². The number of hydrogen-bond donors (Lipinski definition) is 3. The Morgan fingerprint density at radius 1 is 1.44 bits per heavy atom. The molecule has 1 unspecified atom stereocenters. The number of primary amides is 1. The van der Waals surface area contributed by atoms with Gasteiger partial charge in [-0.25, -0.2) is 4.79 Å². The Labute approximate surface area is 90.9 Å². The molecule has 1 aromatic carbocycles. The van der Waals surface area contributed by atoms with Crippen molar-refractivity contribution in [1.29, 1.82) is 0 Å². The predicted molar refractivity (Wildman–Crippen MR) is 55.3 cm³/mol. The van der Waals surface area contributed by atoms with Gasteiger partial charge < -0.3 is 15.9 Å². The van der Waals surface area contributed by atoms with Crippen LogP contribution >= 0.6 is 0 Å². The van der Waals surface area contributed by atoms with E-state index in [1.54, 1.807) is 6.07 Å². The summed E-state index contributed by atoms with van der Waals surface area (Å²) in [5, 5.41) is 18.3. The second-order valence-electron chi connectivity index (χ2n) is 3.59. The number of rotatable bonds is 1. The first-order valence-corrected chi connectivity index (χ1v) is 4.64. The van der Waals surface area contributed by atoms with E-state index in [2.05, 4.69) is 0 Å². The average Bonchev–Trinajstić information content (AvgIpc) is 2.55. The number of nitrogens with two attached hydrogens (primary N) is 1. The van der Waals surface area contributed by atoms with Crippen LogP contribution in [0.1, 0.15) is 5.56 Å². The number of carboxylic acid groups (broad SMARTS) is 1. The summed E-state index contributed by atoms with van der Waals surface area (Å²) in [4.78, 5) is 23.0. The molecule has 0 aliphatic carbocycles. The minimum atomic E-state index is -1.26. The van der Waals surface area contributed by atoms with Crippen LogP contribution in [0.2, 0.25) is 0 Å².